The maximum Gasteiger partial charge on any atom is 0.449 e. The van der Waals surface area contributed by atoms with Crippen molar-refractivity contribution in [3.8, 4) is 0 Å². The van der Waals surface area contributed by atoms with Gasteiger partial charge in [0.05, 0.1) is 11.0 Å². The van der Waals surface area contributed by atoms with Gasteiger partial charge >= 0.3 is 6.18 Å². The Morgan fingerprint density at radius 1 is 1.36 bits per heavy atom. The van der Waals surface area contributed by atoms with Gasteiger partial charge in [-0.3, -0.25) is 4.79 Å². The number of alkyl halides is 3. The average Bonchev–Trinajstić information content (AvgIpc) is 2.93. The first-order valence-electron chi connectivity index (χ1n) is 8.33. The topological polar surface area (TPSA) is 64.2 Å². The molecule has 136 valence electrons. The van der Waals surface area contributed by atoms with Gasteiger partial charge in [-0.05, 0) is 30.9 Å². The predicted molar refractivity (Wildman–Crippen MR) is 87.7 cm³/mol. The maximum absolute atomic E-state index is 13.3. The number of nitrogens with zero attached hydrogens (tertiary/aromatic N) is 3. The fraction of sp³-hybridized carbons (Fsp3) is 0.529. The second kappa shape index (κ2) is 6.67. The molecule has 3 rings (SSSR count). The lowest BCUT2D eigenvalue weighted by molar-refractivity contribution is -0.148. The van der Waals surface area contributed by atoms with Crippen LogP contribution in [0.2, 0.25) is 0 Å². The van der Waals surface area contributed by atoms with Crippen LogP contribution in [0.5, 0.6) is 0 Å². The fourth-order valence-electron chi connectivity index (χ4n) is 3.48. The zero-order valence-corrected chi connectivity index (χ0v) is 14.0. The molecular formula is C17H21F3N4O. The maximum atomic E-state index is 13.3. The second-order valence-corrected chi connectivity index (χ2v) is 6.61. The van der Waals surface area contributed by atoms with Gasteiger partial charge in [0.15, 0.2) is 0 Å². The summed E-state index contributed by atoms with van der Waals surface area (Å²) in [6, 6.07) is 6.19. The SMILES string of the molecule is CC1CCN(C(=O)Cn2c(C(F)(F)F)nc3ccccc32)C(CN)C1. The zero-order chi connectivity index (χ0) is 18.2. The number of rotatable bonds is 3. The molecule has 0 aliphatic carbocycles. The second-order valence-electron chi connectivity index (χ2n) is 6.61. The van der Waals surface area contributed by atoms with E-state index in [2.05, 4.69) is 11.9 Å². The Balaban J connectivity index is 1.93. The standard InChI is InChI=1S/C17H21F3N4O/c1-11-6-7-23(12(8-11)9-21)15(25)10-24-14-5-3-2-4-13(14)22-16(24)17(18,19)20/h2-5,11-12H,6-10,21H2,1H3. The van der Waals surface area contributed by atoms with Crippen LogP contribution in [0.3, 0.4) is 0 Å². The van der Waals surface area contributed by atoms with E-state index in [9.17, 15) is 18.0 Å². The lowest BCUT2D eigenvalue weighted by Gasteiger charge is -2.38. The fourth-order valence-corrected chi connectivity index (χ4v) is 3.48. The number of imidazole rings is 1. The molecule has 2 N–H and O–H groups in total. The minimum absolute atomic E-state index is 0.125. The summed E-state index contributed by atoms with van der Waals surface area (Å²) in [5.41, 5.74) is 6.29. The van der Waals surface area contributed by atoms with Crippen LogP contribution in [0, 0.1) is 5.92 Å². The normalized spacial score (nSPS) is 21.7. The van der Waals surface area contributed by atoms with Crippen LogP contribution in [0.4, 0.5) is 13.2 Å². The van der Waals surface area contributed by atoms with Crippen LogP contribution in [-0.2, 0) is 17.5 Å². The quantitative estimate of drug-likeness (QED) is 0.922. The smallest absolute Gasteiger partial charge is 0.337 e. The van der Waals surface area contributed by atoms with Crippen molar-refractivity contribution in [3.05, 3.63) is 30.1 Å². The highest BCUT2D eigenvalue weighted by atomic mass is 19.4. The van der Waals surface area contributed by atoms with E-state index in [0.717, 1.165) is 17.4 Å². The Kier molecular flexibility index (Phi) is 4.73. The van der Waals surface area contributed by atoms with E-state index in [0.29, 0.717) is 24.5 Å². The minimum Gasteiger partial charge on any atom is -0.337 e. The lowest BCUT2D eigenvalue weighted by atomic mass is 9.92. The van der Waals surface area contributed by atoms with E-state index < -0.39 is 12.0 Å². The number of likely N-dealkylation sites (tertiary alicyclic amines) is 1. The highest BCUT2D eigenvalue weighted by Crippen LogP contribution is 2.32. The summed E-state index contributed by atoms with van der Waals surface area (Å²) in [7, 11) is 0. The van der Waals surface area contributed by atoms with E-state index in [1.807, 2.05) is 0 Å². The molecule has 1 aliphatic heterocycles. The summed E-state index contributed by atoms with van der Waals surface area (Å²) in [6.07, 6.45) is -3.01. The van der Waals surface area contributed by atoms with Crippen molar-refractivity contribution in [2.75, 3.05) is 13.1 Å². The lowest BCUT2D eigenvalue weighted by Crippen LogP contribution is -2.50. The molecule has 0 radical (unpaired) electrons. The van der Waals surface area contributed by atoms with E-state index in [1.165, 1.54) is 6.07 Å². The third-order valence-electron chi connectivity index (χ3n) is 4.77. The Morgan fingerprint density at radius 3 is 2.76 bits per heavy atom. The Labute approximate surface area is 143 Å². The van der Waals surface area contributed by atoms with Gasteiger partial charge in [-0.15, -0.1) is 0 Å². The first-order chi connectivity index (χ1) is 11.8. The summed E-state index contributed by atoms with van der Waals surface area (Å²) in [4.78, 5) is 18.0. The third kappa shape index (κ3) is 3.49. The van der Waals surface area contributed by atoms with Crippen molar-refractivity contribution in [1.29, 1.82) is 0 Å². The minimum atomic E-state index is -4.62. The van der Waals surface area contributed by atoms with Gasteiger partial charge in [0.25, 0.3) is 0 Å². The Hall–Kier alpha value is -2.09. The van der Waals surface area contributed by atoms with Gasteiger partial charge in [0, 0.05) is 19.1 Å². The van der Waals surface area contributed by atoms with Crippen LogP contribution >= 0.6 is 0 Å². The van der Waals surface area contributed by atoms with Crippen LogP contribution < -0.4 is 5.73 Å². The number of nitrogens with two attached hydrogens (primary N) is 1. The zero-order valence-electron chi connectivity index (χ0n) is 14.0. The summed E-state index contributed by atoms with van der Waals surface area (Å²) in [6.45, 7) is 2.54. The molecule has 1 saturated heterocycles. The third-order valence-corrected chi connectivity index (χ3v) is 4.77. The molecule has 1 aromatic heterocycles. The highest BCUT2D eigenvalue weighted by molar-refractivity contribution is 5.81. The monoisotopic (exact) mass is 354 g/mol. The molecule has 0 spiro atoms. The van der Waals surface area contributed by atoms with Gasteiger partial charge in [-0.2, -0.15) is 13.2 Å². The van der Waals surface area contributed by atoms with Gasteiger partial charge in [0.2, 0.25) is 11.7 Å². The Bertz CT molecular complexity index is 771. The first kappa shape index (κ1) is 17.7. The van der Waals surface area contributed by atoms with Gasteiger partial charge in [-0.1, -0.05) is 19.1 Å². The molecular weight excluding hydrogens is 333 g/mol. The molecule has 1 aromatic carbocycles. The number of aromatic nitrogens is 2. The Morgan fingerprint density at radius 2 is 2.08 bits per heavy atom. The molecule has 0 saturated carbocycles. The van der Waals surface area contributed by atoms with Crippen LogP contribution in [0.1, 0.15) is 25.6 Å². The van der Waals surface area contributed by atoms with Crippen molar-refractivity contribution in [3.63, 3.8) is 0 Å². The van der Waals surface area contributed by atoms with E-state index in [1.54, 1.807) is 23.1 Å². The van der Waals surface area contributed by atoms with E-state index in [-0.39, 0.29) is 24.0 Å². The molecule has 2 aromatic rings. The summed E-state index contributed by atoms with van der Waals surface area (Å²) >= 11 is 0. The highest BCUT2D eigenvalue weighted by Gasteiger charge is 2.39. The molecule has 2 heterocycles. The average molecular weight is 354 g/mol. The van der Waals surface area contributed by atoms with Gasteiger partial charge in [0.1, 0.15) is 6.54 Å². The van der Waals surface area contributed by atoms with Crippen molar-refractivity contribution in [2.24, 2.45) is 11.7 Å². The van der Waals surface area contributed by atoms with Crippen LogP contribution in [0.25, 0.3) is 11.0 Å². The molecule has 2 unspecified atom stereocenters. The van der Waals surface area contributed by atoms with Crippen molar-refractivity contribution < 1.29 is 18.0 Å². The molecule has 1 aliphatic rings. The summed E-state index contributed by atoms with van der Waals surface area (Å²) < 4.78 is 41.0. The molecule has 0 bridgehead atoms. The van der Waals surface area contributed by atoms with Crippen LogP contribution in [0.15, 0.2) is 24.3 Å². The number of hydrogen-bond donors (Lipinski definition) is 1. The number of benzene rings is 1. The number of piperidine rings is 1. The number of carbonyl (C=O) groups excluding carboxylic acids is 1. The number of amides is 1. The molecule has 8 heteroatoms. The molecule has 25 heavy (non-hydrogen) atoms. The predicted octanol–water partition coefficient (Wildman–Crippen LogP) is 2.64. The van der Waals surface area contributed by atoms with E-state index in [4.69, 9.17) is 5.73 Å². The molecule has 2 atom stereocenters. The number of para-hydroxylation sites is 2. The van der Waals surface area contributed by atoms with Crippen molar-refractivity contribution >= 4 is 16.9 Å². The van der Waals surface area contributed by atoms with Gasteiger partial charge in [-0.25, -0.2) is 4.98 Å². The largest absolute Gasteiger partial charge is 0.449 e. The number of fused-ring (bicyclic) bond motifs is 1. The molecule has 1 amide bonds. The molecule has 5 nitrogen and oxygen atoms in total. The van der Waals surface area contributed by atoms with Crippen molar-refractivity contribution in [2.45, 2.75) is 38.5 Å². The molecule has 1 fully saturated rings. The number of carbonyl (C=O) groups is 1. The van der Waals surface area contributed by atoms with Crippen molar-refractivity contribution in [1.82, 2.24) is 14.5 Å². The number of hydrogen-bond acceptors (Lipinski definition) is 3. The van der Waals surface area contributed by atoms with E-state index >= 15 is 0 Å². The first-order valence-corrected chi connectivity index (χ1v) is 8.33. The summed E-state index contributed by atoms with van der Waals surface area (Å²) in [5.74, 6) is -0.940. The van der Waals surface area contributed by atoms with Crippen LogP contribution in [-0.4, -0.2) is 39.5 Å². The van der Waals surface area contributed by atoms with Gasteiger partial charge < -0.3 is 15.2 Å². The summed E-state index contributed by atoms with van der Waals surface area (Å²) in [5, 5.41) is 0. The number of halogens is 3.